The lowest BCUT2D eigenvalue weighted by molar-refractivity contribution is -0.137. The number of carboxylic acid groups (broad SMARTS) is 1. The van der Waals surface area contributed by atoms with Gasteiger partial charge in [-0.2, -0.15) is 0 Å². The molecular formula is C11H11ClF2O2. The number of benzene rings is 1. The van der Waals surface area contributed by atoms with E-state index in [0.717, 1.165) is 0 Å². The van der Waals surface area contributed by atoms with Gasteiger partial charge in [0.1, 0.15) is 0 Å². The van der Waals surface area contributed by atoms with Gasteiger partial charge in [-0.15, -0.1) is 0 Å². The average molecular weight is 249 g/mol. The fourth-order valence-electron chi connectivity index (χ4n) is 1.59. The highest BCUT2D eigenvalue weighted by Gasteiger charge is 2.21. The maximum Gasteiger partial charge on any atom is 0.303 e. The second kappa shape index (κ2) is 5.25. The average Bonchev–Trinajstić information content (AvgIpc) is 2.15. The summed E-state index contributed by atoms with van der Waals surface area (Å²) in [4.78, 5) is 10.5. The number of rotatable bonds is 4. The van der Waals surface area contributed by atoms with Crippen LogP contribution in [-0.2, 0) is 4.79 Å². The molecule has 0 spiro atoms. The van der Waals surface area contributed by atoms with Crippen molar-refractivity contribution in [1.29, 1.82) is 0 Å². The molecule has 5 heteroatoms. The second-order valence-corrected chi connectivity index (χ2v) is 3.95. The van der Waals surface area contributed by atoms with Gasteiger partial charge >= 0.3 is 5.97 Å². The van der Waals surface area contributed by atoms with Crippen molar-refractivity contribution in [1.82, 2.24) is 0 Å². The highest BCUT2D eigenvalue weighted by atomic mass is 35.5. The first kappa shape index (κ1) is 12.9. The molecule has 0 aliphatic heterocycles. The second-order valence-electron chi connectivity index (χ2n) is 3.54. The Morgan fingerprint density at radius 3 is 2.62 bits per heavy atom. The lowest BCUT2D eigenvalue weighted by atomic mass is 9.93. The predicted molar refractivity (Wildman–Crippen MR) is 57.1 cm³/mol. The predicted octanol–water partition coefficient (Wildman–Crippen LogP) is 3.86. The Labute approximate surface area is 96.8 Å². The third kappa shape index (κ3) is 2.92. The van der Waals surface area contributed by atoms with Crippen molar-refractivity contribution < 1.29 is 18.7 Å². The number of halogens is 3. The van der Waals surface area contributed by atoms with E-state index in [2.05, 4.69) is 0 Å². The molecule has 0 heterocycles. The van der Waals surface area contributed by atoms with Crippen molar-refractivity contribution >= 4 is 17.6 Å². The first-order valence-corrected chi connectivity index (χ1v) is 5.09. The van der Waals surface area contributed by atoms with Crippen LogP contribution < -0.4 is 0 Å². The number of carboxylic acids is 1. The monoisotopic (exact) mass is 248 g/mol. The Morgan fingerprint density at radius 1 is 1.50 bits per heavy atom. The van der Waals surface area contributed by atoms with Crippen molar-refractivity contribution in [3.8, 4) is 0 Å². The molecule has 0 saturated heterocycles. The standard InChI is InChI=1S/C11H11ClF2O2/c1-6(5-9(15)16)7-3-2-4-8(12)10(7)11(13)14/h2-4,6,11H,5H2,1H3,(H,15,16). The summed E-state index contributed by atoms with van der Waals surface area (Å²) in [6.45, 7) is 1.59. The van der Waals surface area contributed by atoms with E-state index < -0.39 is 18.3 Å². The van der Waals surface area contributed by atoms with Gasteiger partial charge in [0.05, 0.1) is 6.42 Å². The van der Waals surface area contributed by atoms with E-state index in [-0.39, 0.29) is 17.0 Å². The fraction of sp³-hybridized carbons (Fsp3) is 0.364. The molecule has 0 bridgehead atoms. The fourth-order valence-corrected chi connectivity index (χ4v) is 1.85. The van der Waals surface area contributed by atoms with Crippen LogP contribution in [0.25, 0.3) is 0 Å². The molecule has 0 radical (unpaired) electrons. The summed E-state index contributed by atoms with van der Waals surface area (Å²) < 4.78 is 25.5. The zero-order chi connectivity index (χ0) is 12.3. The van der Waals surface area contributed by atoms with Crippen LogP contribution in [0.15, 0.2) is 18.2 Å². The van der Waals surface area contributed by atoms with Crippen molar-refractivity contribution in [2.75, 3.05) is 0 Å². The highest BCUT2D eigenvalue weighted by Crippen LogP contribution is 2.35. The smallest absolute Gasteiger partial charge is 0.303 e. The van der Waals surface area contributed by atoms with E-state index in [4.69, 9.17) is 16.7 Å². The molecule has 1 atom stereocenters. The zero-order valence-electron chi connectivity index (χ0n) is 8.58. The van der Waals surface area contributed by atoms with E-state index >= 15 is 0 Å². The lowest BCUT2D eigenvalue weighted by Gasteiger charge is -2.15. The third-order valence-electron chi connectivity index (χ3n) is 2.32. The van der Waals surface area contributed by atoms with Gasteiger partial charge in [-0.1, -0.05) is 30.7 Å². The molecule has 0 saturated carbocycles. The summed E-state index contributed by atoms with van der Waals surface area (Å²) in [5.74, 6) is -1.51. The van der Waals surface area contributed by atoms with E-state index in [0.29, 0.717) is 5.56 Å². The van der Waals surface area contributed by atoms with Crippen LogP contribution in [0, 0.1) is 0 Å². The summed E-state index contributed by atoms with van der Waals surface area (Å²) >= 11 is 5.68. The van der Waals surface area contributed by atoms with Gasteiger partial charge in [0.15, 0.2) is 0 Å². The van der Waals surface area contributed by atoms with Crippen LogP contribution >= 0.6 is 11.6 Å². The molecule has 1 aromatic carbocycles. The quantitative estimate of drug-likeness (QED) is 0.879. The zero-order valence-corrected chi connectivity index (χ0v) is 9.34. The normalized spacial score (nSPS) is 12.8. The molecule has 1 rings (SSSR count). The molecule has 88 valence electrons. The Balaban J connectivity index is 3.12. The number of aliphatic carboxylic acids is 1. The van der Waals surface area contributed by atoms with Gasteiger partial charge in [-0.05, 0) is 17.5 Å². The summed E-state index contributed by atoms with van der Waals surface area (Å²) in [7, 11) is 0. The first-order valence-electron chi connectivity index (χ1n) is 4.71. The first-order chi connectivity index (χ1) is 7.43. The Kier molecular flexibility index (Phi) is 4.24. The SMILES string of the molecule is CC(CC(=O)O)c1cccc(Cl)c1C(F)F. The Morgan fingerprint density at radius 2 is 2.12 bits per heavy atom. The molecule has 2 nitrogen and oxygen atoms in total. The molecule has 1 N–H and O–H groups in total. The van der Waals surface area contributed by atoms with E-state index in [1.54, 1.807) is 13.0 Å². The Bertz CT molecular complexity index is 394. The van der Waals surface area contributed by atoms with Gasteiger partial charge in [-0.25, -0.2) is 8.78 Å². The van der Waals surface area contributed by atoms with Crippen LogP contribution in [0.4, 0.5) is 8.78 Å². The molecule has 0 fully saturated rings. The van der Waals surface area contributed by atoms with E-state index in [9.17, 15) is 13.6 Å². The largest absolute Gasteiger partial charge is 0.481 e. The molecule has 1 aromatic rings. The van der Waals surface area contributed by atoms with Crippen molar-refractivity contribution in [3.63, 3.8) is 0 Å². The van der Waals surface area contributed by atoms with E-state index in [1.165, 1.54) is 12.1 Å². The van der Waals surface area contributed by atoms with Crippen LogP contribution in [-0.4, -0.2) is 11.1 Å². The van der Waals surface area contributed by atoms with Gasteiger partial charge in [0, 0.05) is 10.6 Å². The topological polar surface area (TPSA) is 37.3 Å². The number of hydrogen-bond acceptors (Lipinski definition) is 1. The van der Waals surface area contributed by atoms with Crippen LogP contribution in [0.3, 0.4) is 0 Å². The minimum absolute atomic E-state index is 0.0234. The van der Waals surface area contributed by atoms with E-state index in [1.807, 2.05) is 0 Å². The summed E-state index contributed by atoms with van der Waals surface area (Å²) in [6.07, 6.45) is -2.89. The maximum atomic E-state index is 12.8. The van der Waals surface area contributed by atoms with Gasteiger partial charge in [-0.3, -0.25) is 4.79 Å². The molecular weight excluding hydrogens is 238 g/mol. The summed E-state index contributed by atoms with van der Waals surface area (Å²) in [5.41, 5.74) is 0.0304. The molecule has 16 heavy (non-hydrogen) atoms. The molecule has 0 amide bonds. The van der Waals surface area contributed by atoms with Gasteiger partial charge in [0.2, 0.25) is 0 Å². The molecule has 0 aliphatic rings. The minimum Gasteiger partial charge on any atom is -0.481 e. The number of alkyl halides is 2. The summed E-state index contributed by atoms with van der Waals surface area (Å²) in [5, 5.41) is 8.60. The number of hydrogen-bond donors (Lipinski definition) is 1. The van der Waals surface area contributed by atoms with Crippen molar-refractivity contribution in [2.45, 2.75) is 25.7 Å². The number of carbonyl (C=O) groups is 1. The van der Waals surface area contributed by atoms with Gasteiger partial charge < -0.3 is 5.11 Å². The molecule has 1 unspecified atom stereocenters. The molecule has 0 aliphatic carbocycles. The van der Waals surface area contributed by atoms with Gasteiger partial charge in [0.25, 0.3) is 6.43 Å². The Hall–Kier alpha value is -1.16. The maximum absolute atomic E-state index is 12.8. The van der Waals surface area contributed by atoms with Crippen LogP contribution in [0.1, 0.15) is 36.8 Å². The van der Waals surface area contributed by atoms with Crippen molar-refractivity contribution in [3.05, 3.63) is 34.3 Å². The van der Waals surface area contributed by atoms with Crippen LogP contribution in [0.2, 0.25) is 5.02 Å². The minimum atomic E-state index is -2.69. The van der Waals surface area contributed by atoms with Crippen molar-refractivity contribution in [2.24, 2.45) is 0 Å². The third-order valence-corrected chi connectivity index (χ3v) is 2.65. The summed E-state index contributed by atoms with van der Waals surface area (Å²) in [6, 6.07) is 4.41. The molecule has 0 aromatic heterocycles. The van der Waals surface area contributed by atoms with Crippen LogP contribution in [0.5, 0.6) is 0 Å². The highest BCUT2D eigenvalue weighted by molar-refractivity contribution is 6.31. The lowest BCUT2D eigenvalue weighted by Crippen LogP contribution is -2.06.